The van der Waals surface area contributed by atoms with Crippen LogP contribution >= 0.6 is 0 Å². The minimum atomic E-state index is 0.00662. The Bertz CT molecular complexity index is 504. The first-order valence-corrected chi connectivity index (χ1v) is 7.29. The third kappa shape index (κ3) is 3.29. The number of piperidine rings is 1. The number of rotatable bonds is 4. The second-order valence-electron chi connectivity index (χ2n) is 5.48. The molecule has 0 saturated carbocycles. The lowest BCUT2D eigenvalue weighted by atomic mass is 9.93. The number of nitrogens with one attached hydrogen (secondary N) is 1. The molecule has 1 saturated heterocycles. The predicted octanol–water partition coefficient (Wildman–Crippen LogP) is 1.77. The highest BCUT2D eigenvalue weighted by Gasteiger charge is 2.29. The molecular formula is C16H24N2O3. The molecule has 0 aliphatic carbocycles. The number of methoxy groups -OCH3 is 2. The fourth-order valence-corrected chi connectivity index (χ4v) is 2.91. The summed E-state index contributed by atoms with van der Waals surface area (Å²) in [5.74, 6) is 1.69. The van der Waals surface area contributed by atoms with E-state index in [2.05, 4.69) is 12.2 Å². The molecule has 2 atom stereocenters. The number of amides is 1. The van der Waals surface area contributed by atoms with Crippen molar-refractivity contribution in [1.29, 1.82) is 0 Å². The summed E-state index contributed by atoms with van der Waals surface area (Å²) >= 11 is 0. The van der Waals surface area contributed by atoms with E-state index in [-0.39, 0.29) is 5.91 Å². The first kappa shape index (κ1) is 15.6. The molecule has 21 heavy (non-hydrogen) atoms. The predicted molar refractivity (Wildman–Crippen MR) is 82.1 cm³/mol. The monoisotopic (exact) mass is 292 g/mol. The van der Waals surface area contributed by atoms with E-state index in [1.165, 1.54) is 0 Å². The van der Waals surface area contributed by atoms with Gasteiger partial charge in [0, 0.05) is 19.1 Å². The van der Waals surface area contributed by atoms with Crippen LogP contribution in [0.2, 0.25) is 0 Å². The van der Waals surface area contributed by atoms with Crippen molar-refractivity contribution in [3.8, 4) is 11.5 Å². The lowest BCUT2D eigenvalue weighted by Crippen LogP contribution is -2.49. The summed E-state index contributed by atoms with van der Waals surface area (Å²) in [6.07, 6.45) is 0.968. The summed E-state index contributed by atoms with van der Waals surface area (Å²) in [5, 5.41) is 3.31. The van der Waals surface area contributed by atoms with E-state index in [0.717, 1.165) is 19.5 Å². The van der Waals surface area contributed by atoms with Crippen LogP contribution < -0.4 is 14.8 Å². The van der Waals surface area contributed by atoms with Gasteiger partial charge in [0.05, 0.1) is 19.8 Å². The van der Waals surface area contributed by atoms with E-state index in [1.807, 2.05) is 11.9 Å². The first-order chi connectivity index (χ1) is 10.1. The third-order valence-electron chi connectivity index (χ3n) is 4.20. The minimum Gasteiger partial charge on any atom is -0.497 e. The van der Waals surface area contributed by atoms with Crippen LogP contribution in [0.4, 0.5) is 0 Å². The van der Waals surface area contributed by atoms with Crippen molar-refractivity contribution in [1.82, 2.24) is 10.2 Å². The van der Waals surface area contributed by atoms with Crippen molar-refractivity contribution >= 4 is 5.91 Å². The molecule has 0 aromatic heterocycles. The molecule has 5 nitrogen and oxygen atoms in total. The Morgan fingerprint density at radius 1 is 1.33 bits per heavy atom. The van der Waals surface area contributed by atoms with Gasteiger partial charge >= 0.3 is 0 Å². The molecule has 1 aromatic carbocycles. The van der Waals surface area contributed by atoms with Crippen LogP contribution in [-0.2, 0) is 0 Å². The molecule has 1 aliphatic heterocycles. The van der Waals surface area contributed by atoms with E-state index in [1.54, 1.807) is 32.4 Å². The van der Waals surface area contributed by atoms with Gasteiger partial charge in [-0.15, -0.1) is 0 Å². The molecule has 1 N–H and O–H groups in total. The van der Waals surface area contributed by atoms with Crippen molar-refractivity contribution in [2.45, 2.75) is 19.4 Å². The van der Waals surface area contributed by atoms with Crippen LogP contribution in [0.5, 0.6) is 11.5 Å². The molecule has 1 fully saturated rings. The second kappa shape index (κ2) is 6.80. The number of hydrogen-bond donors (Lipinski definition) is 1. The Labute approximate surface area is 126 Å². The van der Waals surface area contributed by atoms with Gasteiger partial charge in [-0.1, -0.05) is 6.92 Å². The van der Waals surface area contributed by atoms with Crippen molar-refractivity contribution < 1.29 is 14.3 Å². The zero-order valence-electron chi connectivity index (χ0n) is 13.2. The molecule has 1 amide bonds. The summed E-state index contributed by atoms with van der Waals surface area (Å²) in [5.41, 5.74) is 0.562. The number of carbonyl (C=O) groups excluding carboxylic acids is 1. The number of nitrogens with zero attached hydrogens (tertiary/aromatic N) is 1. The number of hydrogen-bond acceptors (Lipinski definition) is 4. The average molecular weight is 292 g/mol. The maximum atomic E-state index is 12.8. The molecule has 0 radical (unpaired) electrons. The molecule has 0 bridgehead atoms. The molecule has 2 unspecified atom stereocenters. The minimum absolute atomic E-state index is 0.00662. The topological polar surface area (TPSA) is 50.8 Å². The summed E-state index contributed by atoms with van der Waals surface area (Å²) < 4.78 is 10.5. The Morgan fingerprint density at radius 2 is 2.10 bits per heavy atom. The van der Waals surface area contributed by atoms with Crippen molar-refractivity contribution in [3.63, 3.8) is 0 Å². The molecule has 0 spiro atoms. The van der Waals surface area contributed by atoms with E-state index in [0.29, 0.717) is 29.0 Å². The highest BCUT2D eigenvalue weighted by molar-refractivity contribution is 5.97. The first-order valence-electron chi connectivity index (χ1n) is 7.29. The van der Waals surface area contributed by atoms with Crippen molar-refractivity contribution in [2.75, 3.05) is 34.4 Å². The third-order valence-corrected chi connectivity index (χ3v) is 4.20. The van der Waals surface area contributed by atoms with Crippen molar-refractivity contribution in [3.05, 3.63) is 23.8 Å². The quantitative estimate of drug-likeness (QED) is 0.919. The Morgan fingerprint density at radius 3 is 2.67 bits per heavy atom. The van der Waals surface area contributed by atoms with Gasteiger partial charge in [0.25, 0.3) is 5.91 Å². The van der Waals surface area contributed by atoms with Gasteiger partial charge in [-0.25, -0.2) is 0 Å². The largest absolute Gasteiger partial charge is 0.497 e. The summed E-state index contributed by atoms with van der Waals surface area (Å²) in [7, 11) is 5.15. The van der Waals surface area contributed by atoms with Crippen LogP contribution in [-0.4, -0.2) is 51.2 Å². The number of ether oxygens (including phenoxy) is 2. The van der Waals surface area contributed by atoms with Crippen LogP contribution in [0.1, 0.15) is 23.7 Å². The molecule has 1 aliphatic rings. The van der Waals surface area contributed by atoms with Gasteiger partial charge in [-0.05, 0) is 37.6 Å². The Kier molecular flexibility index (Phi) is 5.07. The SMILES string of the molecule is CNC1CCN(C(=O)c2cc(OC)ccc2OC)CC1C. The van der Waals surface area contributed by atoms with Gasteiger partial charge in [-0.2, -0.15) is 0 Å². The van der Waals surface area contributed by atoms with Gasteiger partial charge < -0.3 is 19.7 Å². The summed E-state index contributed by atoms with van der Waals surface area (Å²) in [4.78, 5) is 14.7. The van der Waals surface area contributed by atoms with Gasteiger partial charge in [0.2, 0.25) is 0 Å². The zero-order chi connectivity index (χ0) is 15.4. The Balaban J connectivity index is 2.20. The normalized spacial score (nSPS) is 22.0. The second-order valence-corrected chi connectivity index (χ2v) is 5.48. The maximum Gasteiger partial charge on any atom is 0.257 e. The van der Waals surface area contributed by atoms with Crippen molar-refractivity contribution in [2.24, 2.45) is 5.92 Å². The highest BCUT2D eigenvalue weighted by Crippen LogP contribution is 2.27. The highest BCUT2D eigenvalue weighted by atomic mass is 16.5. The van der Waals surface area contributed by atoms with E-state index in [4.69, 9.17) is 9.47 Å². The molecule has 5 heteroatoms. The fraction of sp³-hybridized carbons (Fsp3) is 0.562. The lowest BCUT2D eigenvalue weighted by Gasteiger charge is -2.37. The maximum absolute atomic E-state index is 12.8. The van der Waals surface area contributed by atoms with Crippen LogP contribution in [0.3, 0.4) is 0 Å². The van der Waals surface area contributed by atoms with Crippen LogP contribution in [0.25, 0.3) is 0 Å². The van der Waals surface area contributed by atoms with Crippen LogP contribution in [0.15, 0.2) is 18.2 Å². The van der Waals surface area contributed by atoms with E-state index in [9.17, 15) is 4.79 Å². The fourth-order valence-electron chi connectivity index (χ4n) is 2.91. The lowest BCUT2D eigenvalue weighted by molar-refractivity contribution is 0.0645. The molecule has 116 valence electrons. The number of benzene rings is 1. The molecular weight excluding hydrogens is 268 g/mol. The molecule has 1 aromatic rings. The van der Waals surface area contributed by atoms with Gasteiger partial charge in [0.1, 0.15) is 11.5 Å². The number of likely N-dealkylation sites (tertiary alicyclic amines) is 1. The standard InChI is InChI=1S/C16H24N2O3/c1-11-10-18(8-7-14(11)17-2)16(19)13-9-12(20-3)5-6-15(13)21-4/h5-6,9,11,14,17H,7-8,10H2,1-4H3. The van der Waals surface area contributed by atoms with Gasteiger partial charge in [0.15, 0.2) is 0 Å². The Hall–Kier alpha value is -1.75. The smallest absolute Gasteiger partial charge is 0.257 e. The van der Waals surface area contributed by atoms with E-state index >= 15 is 0 Å². The zero-order valence-corrected chi connectivity index (χ0v) is 13.2. The summed E-state index contributed by atoms with van der Waals surface area (Å²) in [6.45, 7) is 3.68. The van der Waals surface area contributed by atoms with Crippen LogP contribution in [0, 0.1) is 5.92 Å². The molecule has 2 rings (SSSR count). The number of carbonyl (C=O) groups is 1. The summed E-state index contributed by atoms with van der Waals surface area (Å²) in [6, 6.07) is 5.79. The van der Waals surface area contributed by atoms with E-state index < -0.39 is 0 Å². The average Bonchev–Trinajstić information content (AvgIpc) is 2.53. The molecule has 1 heterocycles. The van der Waals surface area contributed by atoms with Gasteiger partial charge in [-0.3, -0.25) is 4.79 Å².